The van der Waals surface area contributed by atoms with Crippen molar-refractivity contribution in [3.63, 3.8) is 0 Å². The van der Waals surface area contributed by atoms with E-state index >= 15 is 0 Å². The number of carboxylic acid groups (broad SMARTS) is 1. The average molecular weight is 275 g/mol. The number of carboxylic acids is 1. The monoisotopic (exact) mass is 275 g/mol. The molecule has 106 valence electrons. The number of nitrogens with one attached hydrogen (secondary N) is 1. The van der Waals surface area contributed by atoms with Crippen molar-refractivity contribution in [3.05, 3.63) is 29.3 Å². The molecule has 5 nitrogen and oxygen atoms in total. The molecule has 0 unspecified atom stereocenters. The van der Waals surface area contributed by atoms with Gasteiger partial charge in [-0.2, -0.15) is 0 Å². The molecule has 0 saturated heterocycles. The SMILES string of the molecule is O=C(O)CC1(NC(=O)c2ccc3c(c2)CCO3)CCC1. The lowest BCUT2D eigenvalue weighted by atomic mass is 9.74. The van der Waals surface area contributed by atoms with Crippen LogP contribution in [-0.4, -0.2) is 29.1 Å². The minimum absolute atomic E-state index is 0.00715. The zero-order valence-electron chi connectivity index (χ0n) is 11.1. The number of fused-ring (bicyclic) bond motifs is 1. The molecule has 1 fully saturated rings. The Hall–Kier alpha value is -2.04. The van der Waals surface area contributed by atoms with Gasteiger partial charge in [0.2, 0.25) is 0 Å². The Morgan fingerprint density at radius 2 is 2.15 bits per heavy atom. The molecule has 1 aromatic rings. The summed E-state index contributed by atoms with van der Waals surface area (Å²) in [5.41, 5.74) is 1.06. The highest BCUT2D eigenvalue weighted by molar-refractivity contribution is 5.95. The number of benzene rings is 1. The Morgan fingerprint density at radius 3 is 2.80 bits per heavy atom. The molecule has 0 bridgehead atoms. The molecule has 0 radical (unpaired) electrons. The summed E-state index contributed by atoms with van der Waals surface area (Å²) < 4.78 is 5.41. The molecule has 2 aliphatic rings. The first-order valence-corrected chi connectivity index (χ1v) is 6.88. The van der Waals surface area contributed by atoms with Gasteiger partial charge in [0.1, 0.15) is 5.75 Å². The second-order valence-electron chi connectivity index (χ2n) is 5.58. The van der Waals surface area contributed by atoms with Crippen molar-refractivity contribution in [3.8, 4) is 5.75 Å². The molecule has 0 spiro atoms. The molecule has 0 aromatic heterocycles. The molecule has 1 aliphatic carbocycles. The second kappa shape index (κ2) is 4.81. The van der Waals surface area contributed by atoms with Crippen molar-refractivity contribution in [2.75, 3.05) is 6.61 Å². The van der Waals surface area contributed by atoms with Gasteiger partial charge < -0.3 is 15.2 Å². The molecule has 2 N–H and O–H groups in total. The van der Waals surface area contributed by atoms with Gasteiger partial charge in [-0.1, -0.05) is 0 Å². The smallest absolute Gasteiger partial charge is 0.305 e. The lowest BCUT2D eigenvalue weighted by Gasteiger charge is -2.41. The first-order chi connectivity index (χ1) is 9.58. The first-order valence-electron chi connectivity index (χ1n) is 6.88. The van der Waals surface area contributed by atoms with Gasteiger partial charge in [0.05, 0.1) is 18.6 Å². The summed E-state index contributed by atoms with van der Waals surface area (Å²) in [5.74, 6) is -0.224. The van der Waals surface area contributed by atoms with E-state index < -0.39 is 11.5 Å². The Balaban J connectivity index is 1.74. The van der Waals surface area contributed by atoms with Crippen LogP contribution in [0.4, 0.5) is 0 Å². The largest absolute Gasteiger partial charge is 0.493 e. The van der Waals surface area contributed by atoms with E-state index in [4.69, 9.17) is 9.84 Å². The van der Waals surface area contributed by atoms with E-state index in [1.54, 1.807) is 6.07 Å². The molecule has 1 aliphatic heterocycles. The van der Waals surface area contributed by atoms with Crippen LogP contribution in [0, 0.1) is 0 Å². The number of aliphatic carboxylic acids is 1. The number of carbonyl (C=O) groups excluding carboxylic acids is 1. The Kier molecular flexibility index (Phi) is 3.12. The van der Waals surface area contributed by atoms with Crippen LogP contribution in [0.15, 0.2) is 18.2 Å². The summed E-state index contributed by atoms with van der Waals surface area (Å²) in [6.45, 7) is 0.656. The summed E-state index contributed by atoms with van der Waals surface area (Å²) in [6, 6.07) is 5.37. The Labute approximate surface area is 116 Å². The van der Waals surface area contributed by atoms with E-state index in [1.165, 1.54) is 0 Å². The Morgan fingerprint density at radius 1 is 1.35 bits per heavy atom. The second-order valence-corrected chi connectivity index (χ2v) is 5.58. The van der Waals surface area contributed by atoms with Gasteiger partial charge in [-0.05, 0) is 43.0 Å². The fraction of sp³-hybridized carbons (Fsp3) is 0.467. The maximum atomic E-state index is 12.3. The summed E-state index contributed by atoms with van der Waals surface area (Å²) in [7, 11) is 0. The fourth-order valence-electron chi connectivity index (χ4n) is 2.88. The van der Waals surface area contributed by atoms with Gasteiger partial charge in [0.15, 0.2) is 0 Å². The summed E-state index contributed by atoms with van der Waals surface area (Å²) in [4.78, 5) is 23.2. The molecule has 1 aromatic carbocycles. The number of carbonyl (C=O) groups is 2. The fourth-order valence-corrected chi connectivity index (χ4v) is 2.88. The molecule has 1 saturated carbocycles. The van der Waals surface area contributed by atoms with E-state index in [9.17, 15) is 9.59 Å². The van der Waals surface area contributed by atoms with Crippen molar-refractivity contribution >= 4 is 11.9 Å². The highest BCUT2D eigenvalue weighted by Crippen LogP contribution is 2.35. The van der Waals surface area contributed by atoms with E-state index in [-0.39, 0.29) is 12.3 Å². The van der Waals surface area contributed by atoms with E-state index in [0.717, 1.165) is 37.0 Å². The zero-order valence-corrected chi connectivity index (χ0v) is 11.1. The molecule has 5 heteroatoms. The third kappa shape index (κ3) is 2.35. The minimum Gasteiger partial charge on any atom is -0.493 e. The van der Waals surface area contributed by atoms with Gasteiger partial charge in [-0.3, -0.25) is 9.59 Å². The van der Waals surface area contributed by atoms with Crippen LogP contribution in [0.2, 0.25) is 0 Å². The van der Waals surface area contributed by atoms with Crippen molar-refractivity contribution in [1.82, 2.24) is 5.32 Å². The normalized spacial score (nSPS) is 18.6. The first kappa shape index (κ1) is 13.0. The van der Waals surface area contributed by atoms with Crippen molar-refractivity contribution in [2.24, 2.45) is 0 Å². The van der Waals surface area contributed by atoms with Crippen LogP contribution in [0.5, 0.6) is 5.75 Å². The maximum Gasteiger partial charge on any atom is 0.305 e. The summed E-state index contributed by atoms with van der Waals surface area (Å²) in [6.07, 6.45) is 3.24. The van der Waals surface area contributed by atoms with E-state index in [2.05, 4.69) is 5.32 Å². The predicted molar refractivity (Wildman–Crippen MR) is 71.9 cm³/mol. The third-order valence-corrected chi connectivity index (χ3v) is 4.13. The van der Waals surface area contributed by atoms with Gasteiger partial charge in [0, 0.05) is 12.0 Å². The van der Waals surface area contributed by atoms with Crippen LogP contribution in [-0.2, 0) is 11.2 Å². The molecular weight excluding hydrogens is 258 g/mol. The van der Waals surface area contributed by atoms with Gasteiger partial charge in [-0.15, -0.1) is 0 Å². The highest BCUT2D eigenvalue weighted by atomic mass is 16.5. The number of rotatable bonds is 4. The number of amides is 1. The van der Waals surface area contributed by atoms with Crippen LogP contribution < -0.4 is 10.1 Å². The average Bonchev–Trinajstić information content (AvgIpc) is 2.82. The lowest BCUT2D eigenvalue weighted by molar-refractivity contribution is -0.139. The molecule has 1 amide bonds. The van der Waals surface area contributed by atoms with Gasteiger partial charge in [-0.25, -0.2) is 0 Å². The van der Waals surface area contributed by atoms with Crippen molar-refractivity contribution < 1.29 is 19.4 Å². The van der Waals surface area contributed by atoms with Gasteiger partial charge >= 0.3 is 5.97 Å². The van der Waals surface area contributed by atoms with Gasteiger partial charge in [0.25, 0.3) is 5.91 Å². The third-order valence-electron chi connectivity index (χ3n) is 4.13. The topological polar surface area (TPSA) is 75.6 Å². The van der Waals surface area contributed by atoms with E-state index in [1.807, 2.05) is 12.1 Å². The Bertz CT molecular complexity index is 563. The van der Waals surface area contributed by atoms with E-state index in [0.29, 0.717) is 12.2 Å². The molecule has 3 rings (SSSR count). The van der Waals surface area contributed by atoms with Crippen LogP contribution in [0.1, 0.15) is 41.6 Å². The molecule has 1 heterocycles. The number of hydrogen-bond donors (Lipinski definition) is 2. The molecular formula is C15H17NO4. The quantitative estimate of drug-likeness (QED) is 0.877. The number of hydrogen-bond acceptors (Lipinski definition) is 3. The van der Waals surface area contributed by atoms with Crippen molar-refractivity contribution in [1.29, 1.82) is 0 Å². The van der Waals surface area contributed by atoms with Crippen LogP contribution in [0.3, 0.4) is 0 Å². The molecule has 0 atom stereocenters. The highest BCUT2D eigenvalue weighted by Gasteiger charge is 2.40. The van der Waals surface area contributed by atoms with Crippen LogP contribution >= 0.6 is 0 Å². The predicted octanol–water partition coefficient (Wildman–Crippen LogP) is 1.75. The summed E-state index contributed by atoms with van der Waals surface area (Å²) in [5, 5.41) is 11.9. The summed E-state index contributed by atoms with van der Waals surface area (Å²) >= 11 is 0. The van der Waals surface area contributed by atoms with Crippen LogP contribution in [0.25, 0.3) is 0 Å². The number of ether oxygens (including phenoxy) is 1. The molecule has 20 heavy (non-hydrogen) atoms. The van der Waals surface area contributed by atoms with Crippen molar-refractivity contribution in [2.45, 2.75) is 37.6 Å². The maximum absolute atomic E-state index is 12.3. The standard InChI is InChI=1S/C15H17NO4/c17-13(18)9-15(5-1-6-15)16-14(19)11-2-3-12-10(8-11)4-7-20-12/h2-3,8H,1,4-7,9H2,(H,16,19)(H,17,18). The zero-order chi connectivity index (χ0) is 14.2. The lowest BCUT2D eigenvalue weighted by Crippen LogP contribution is -2.54. The minimum atomic E-state index is -0.868.